The second-order valence-corrected chi connectivity index (χ2v) is 9.51. The van der Waals surface area contributed by atoms with Crippen LogP contribution in [0.15, 0.2) is 47.4 Å². The maximum absolute atomic E-state index is 12.8. The fraction of sp³-hybridized carbons (Fsp3) is 0.263. The van der Waals surface area contributed by atoms with Crippen LogP contribution >= 0.6 is 11.3 Å². The van der Waals surface area contributed by atoms with E-state index in [2.05, 4.69) is 10.3 Å². The number of rotatable bonds is 6. The number of carbonyl (C=O) groups excluding carboxylic acids is 1. The van der Waals surface area contributed by atoms with Gasteiger partial charge in [-0.2, -0.15) is 4.31 Å². The molecule has 0 aliphatic heterocycles. The molecule has 1 N–H and O–H groups in total. The van der Waals surface area contributed by atoms with Crippen molar-refractivity contribution in [3.63, 3.8) is 0 Å². The van der Waals surface area contributed by atoms with Crippen LogP contribution in [0.3, 0.4) is 0 Å². The van der Waals surface area contributed by atoms with Crippen molar-refractivity contribution in [1.82, 2.24) is 9.29 Å². The zero-order chi connectivity index (χ0) is 19.6. The molecule has 0 spiro atoms. The van der Waals surface area contributed by atoms with Crippen LogP contribution in [-0.4, -0.2) is 37.2 Å². The Morgan fingerprint density at radius 2 is 2.00 bits per heavy atom. The topological polar surface area (TPSA) is 79.4 Å². The van der Waals surface area contributed by atoms with Crippen LogP contribution in [0, 0.1) is 6.92 Å². The Morgan fingerprint density at radius 3 is 2.74 bits per heavy atom. The highest BCUT2D eigenvalue weighted by Gasteiger charge is 2.23. The summed E-state index contributed by atoms with van der Waals surface area (Å²) in [5, 5.41) is 3.63. The van der Waals surface area contributed by atoms with Crippen LogP contribution in [0.2, 0.25) is 0 Å². The number of nitrogens with zero attached hydrogens (tertiary/aromatic N) is 2. The van der Waals surface area contributed by atoms with Gasteiger partial charge in [-0.05, 0) is 49.2 Å². The van der Waals surface area contributed by atoms with E-state index in [1.165, 1.54) is 24.5 Å². The normalized spacial score (nSPS) is 11.9. The van der Waals surface area contributed by atoms with Gasteiger partial charge >= 0.3 is 0 Å². The average molecular weight is 404 g/mol. The van der Waals surface area contributed by atoms with E-state index in [1.54, 1.807) is 18.2 Å². The molecular weight excluding hydrogens is 382 g/mol. The summed E-state index contributed by atoms with van der Waals surface area (Å²) in [4.78, 5) is 16.8. The summed E-state index contributed by atoms with van der Waals surface area (Å²) in [5.41, 5.74) is 2.53. The Morgan fingerprint density at radius 1 is 1.22 bits per heavy atom. The van der Waals surface area contributed by atoms with Gasteiger partial charge in [0, 0.05) is 12.7 Å². The number of amides is 1. The molecule has 0 radical (unpaired) electrons. The summed E-state index contributed by atoms with van der Waals surface area (Å²) < 4.78 is 27.5. The highest BCUT2D eigenvalue weighted by Crippen LogP contribution is 2.25. The van der Waals surface area contributed by atoms with Gasteiger partial charge in [-0.3, -0.25) is 4.79 Å². The van der Waals surface area contributed by atoms with Crippen molar-refractivity contribution in [3.05, 3.63) is 53.0 Å². The summed E-state index contributed by atoms with van der Waals surface area (Å²) in [5.74, 6) is -0.385. The fourth-order valence-electron chi connectivity index (χ4n) is 2.72. The molecule has 142 valence electrons. The number of anilines is 1. The van der Waals surface area contributed by atoms with E-state index in [0.717, 1.165) is 31.5 Å². The first-order valence-electron chi connectivity index (χ1n) is 8.52. The molecule has 2 aromatic carbocycles. The summed E-state index contributed by atoms with van der Waals surface area (Å²) in [6, 6.07) is 12.3. The summed E-state index contributed by atoms with van der Waals surface area (Å²) in [6.45, 7) is 3.64. The highest BCUT2D eigenvalue weighted by molar-refractivity contribution is 7.89. The lowest BCUT2D eigenvalue weighted by molar-refractivity contribution is -0.116. The number of fused-ring (bicyclic) bond motifs is 1. The lowest BCUT2D eigenvalue weighted by Gasteiger charge is -2.17. The lowest BCUT2D eigenvalue weighted by atomic mass is 10.1. The maximum atomic E-state index is 12.8. The number of thiazole rings is 1. The Kier molecular flexibility index (Phi) is 5.59. The van der Waals surface area contributed by atoms with Gasteiger partial charge in [0.2, 0.25) is 15.9 Å². The van der Waals surface area contributed by atoms with Gasteiger partial charge in [-0.15, -0.1) is 11.3 Å². The van der Waals surface area contributed by atoms with Crippen LogP contribution in [0.1, 0.15) is 17.5 Å². The van der Waals surface area contributed by atoms with Crippen molar-refractivity contribution in [2.45, 2.75) is 25.2 Å². The van der Waals surface area contributed by atoms with Gasteiger partial charge in [0.1, 0.15) is 0 Å². The molecule has 0 saturated carbocycles. The van der Waals surface area contributed by atoms with Crippen LogP contribution in [0.25, 0.3) is 10.2 Å². The number of carbonyl (C=O) groups is 1. The first-order chi connectivity index (χ1) is 12.8. The first-order valence-corrected chi connectivity index (χ1v) is 10.8. The van der Waals surface area contributed by atoms with Crippen molar-refractivity contribution < 1.29 is 13.2 Å². The number of aromatic nitrogens is 1. The van der Waals surface area contributed by atoms with E-state index >= 15 is 0 Å². The second kappa shape index (κ2) is 7.75. The molecule has 3 aromatic rings. The standard InChI is InChI=1S/C19H21N3O3S2/c1-4-14-6-5-7-15(10-14)21-19(23)12-22(3)27(24,25)16-8-9-17-18(11-16)26-13(2)20-17/h5-11H,4,12H2,1-3H3,(H,21,23). The molecule has 0 atom stereocenters. The maximum Gasteiger partial charge on any atom is 0.243 e. The minimum Gasteiger partial charge on any atom is -0.325 e. The summed E-state index contributed by atoms with van der Waals surface area (Å²) in [6.07, 6.45) is 0.859. The average Bonchev–Trinajstić information content (AvgIpc) is 3.00. The third-order valence-electron chi connectivity index (χ3n) is 4.16. The number of likely N-dealkylation sites (N-methyl/N-ethyl adjacent to an activating group) is 1. The zero-order valence-corrected chi connectivity index (χ0v) is 17.0. The van der Waals surface area contributed by atoms with Gasteiger partial charge in [-0.25, -0.2) is 13.4 Å². The molecule has 3 rings (SSSR count). The van der Waals surface area contributed by atoms with E-state index in [0.29, 0.717) is 5.69 Å². The third kappa shape index (κ3) is 4.35. The molecule has 1 amide bonds. The predicted octanol–water partition coefficient (Wildman–Crippen LogP) is 3.43. The number of sulfonamides is 1. The number of aryl methyl sites for hydroxylation is 2. The molecular formula is C19H21N3O3S2. The third-order valence-corrected chi connectivity index (χ3v) is 6.89. The van der Waals surface area contributed by atoms with E-state index in [-0.39, 0.29) is 17.3 Å². The van der Waals surface area contributed by atoms with Crippen LogP contribution in [0.5, 0.6) is 0 Å². The Bertz CT molecular complexity index is 1090. The van der Waals surface area contributed by atoms with E-state index in [4.69, 9.17) is 0 Å². The van der Waals surface area contributed by atoms with Crippen molar-refractivity contribution in [1.29, 1.82) is 0 Å². The smallest absolute Gasteiger partial charge is 0.243 e. The monoisotopic (exact) mass is 403 g/mol. The molecule has 8 heteroatoms. The van der Waals surface area contributed by atoms with Crippen molar-refractivity contribution in [2.75, 3.05) is 18.9 Å². The van der Waals surface area contributed by atoms with Gasteiger partial charge in [0.15, 0.2) is 0 Å². The quantitative estimate of drug-likeness (QED) is 0.684. The van der Waals surface area contributed by atoms with Crippen molar-refractivity contribution >= 4 is 43.2 Å². The van der Waals surface area contributed by atoms with Gasteiger partial charge in [-0.1, -0.05) is 19.1 Å². The molecule has 0 fully saturated rings. The molecule has 1 aromatic heterocycles. The van der Waals surface area contributed by atoms with Crippen LogP contribution in [-0.2, 0) is 21.2 Å². The highest BCUT2D eigenvalue weighted by atomic mass is 32.2. The number of hydrogen-bond donors (Lipinski definition) is 1. The molecule has 0 unspecified atom stereocenters. The van der Waals surface area contributed by atoms with E-state index < -0.39 is 10.0 Å². The Balaban J connectivity index is 1.74. The fourth-order valence-corrected chi connectivity index (χ4v) is 4.81. The summed E-state index contributed by atoms with van der Waals surface area (Å²) in [7, 11) is -2.37. The zero-order valence-electron chi connectivity index (χ0n) is 15.4. The van der Waals surface area contributed by atoms with Crippen molar-refractivity contribution in [3.8, 4) is 0 Å². The number of nitrogens with one attached hydrogen (secondary N) is 1. The molecule has 0 aliphatic rings. The summed E-state index contributed by atoms with van der Waals surface area (Å²) >= 11 is 1.44. The van der Waals surface area contributed by atoms with Gasteiger partial charge in [0.05, 0.1) is 26.7 Å². The van der Waals surface area contributed by atoms with Crippen LogP contribution < -0.4 is 5.32 Å². The molecule has 6 nitrogen and oxygen atoms in total. The number of benzene rings is 2. The Labute approximate surface area is 162 Å². The largest absolute Gasteiger partial charge is 0.325 e. The van der Waals surface area contributed by atoms with E-state index in [9.17, 15) is 13.2 Å². The molecule has 0 saturated heterocycles. The molecule has 1 heterocycles. The SMILES string of the molecule is CCc1cccc(NC(=O)CN(C)S(=O)(=O)c2ccc3nc(C)sc3c2)c1. The Hall–Kier alpha value is -2.29. The minimum atomic E-state index is -3.77. The number of hydrogen-bond acceptors (Lipinski definition) is 5. The predicted molar refractivity (Wildman–Crippen MR) is 109 cm³/mol. The van der Waals surface area contributed by atoms with Crippen molar-refractivity contribution in [2.24, 2.45) is 0 Å². The van der Waals surface area contributed by atoms with E-state index in [1.807, 2.05) is 32.0 Å². The minimum absolute atomic E-state index is 0.155. The molecule has 27 heavy (non-hydrogen) atoms. The second-order valence-electron chi connectivity index (χ2n) is 6.23. The van der Waals surface area contributed by atoms with Gasteiger partial charge < -0.3 is 5.32 Å². The lowest BCUT2D eigenvalue weighted by Crippen LogP contribution is -2.34. The van der Waals surface area contributed by atoms with Gasteiger partial charge in [0.25, 0.3) is 0 Å². The molecule has 0 aliphatic carbocycles. The first kappa shape index (κ1) is 19.5. The molecule has 0 bridgehead atoms. The van der Waals surface area contributed by atoms with Crippen LogP contribution in [0.4, 0.5) is 5.69 Å².